The number of carbonyl (C=O) groups excluding carboxylic acids is 1. The van der Waals surface area contributed by atoms with Crippen LogP contribution in [0.4, 0.5) is 18.9 Å². The van der Waals surface area contributed by atoms with Crippen LogP contribution >= 0.6 is 15.9 Å². The summed E-state index contributed by atoms with van der Waals surface area (Å²) in [7, 11) is 0. The molecule has 0 aliphatic carbocycles. The van der Waals surface area contributed by atoms with Crippen LogP contribution in [0.3, 0.4) is 0 Å². The van der Waals surface area contributed by atoms with E-state index in [0.717, 1.165) is 16.1 Å². The van der Waals surface area contributed by atoms with E-state index in [1.807, 2.05) is 0 Å². The lowest BCUT2D eigenvalue weighted by molar-refractivity contribution is -0.136. The van der Waals surface area contributed by atoms with E-state index in [4.69, 9.17) is 0 Å². The zero-order valence-electron chi connectivity index (χ0n) is 11.0. The minimum Gasteiger partial charge on any atom is -0.321 e. The molecule has 2 nitrogen and oxygen atoms in total. The fourth-order valence-electron chi connectivity index (χ4n) is 1.82. The zero-order valence-corrected chi connectivity index (χ0v) is 12.5. The number of alkyl halides is 3. The van der Waals surface area contributed by atoms with Gasteiger partial charge in [-0.2, -0.15) is 13.2 Å². The van der Waals surface area contributed by atoms with Crippen molar-refractivity contribution in [2.24, 2.45) is 0 Å². The van der Waals surface area contributed by atoms with E-state index in [-0.39, 0.29) is 5.69 Å². The van der Waals surface area contributed by atoms with Gasteiger partial charge in [0.25, 0.3) is 5.91 Å². The summed E-state index contributed by atoms with van der Waals surface area (Å²) in [6.07, 6.45) is -4.51. The van der Waals surface area contributed by atoms with Crippen LogP contribution in [0.25, 0.3) is 0 Å². The van der Waals surface area contributed by atoms with E-state index in [2.05, 4.69) is 21.2 Å². The van der Waals surface area contributed by atoms with E-state index >= 15 is 0 Å². The molecular weight excluding hydrogens is 347 g/mol. The molecule has 0 unspecified atom stereocenters. The van der Waals surface area contributed by atoms with E-state index in [1.165, 1.54) is 18.2 Å². The average Bonchev–Trinajstić information content (AvgIpc) is 2.41. The van der Waals surface area contributed by atoms with E-state index in [9.17, 15) is 18.0 Å². The molecule has 0 saturated carbocycles. The molecule has 0 aliphatic heterocycles. The van der Waals surface area contributed by atoms with Crippen molar-refractivity contribution in [3.63, 3.8) is 0 Å². The molecule has 0 fully saturated rings. The number of halogens is 4. The van der Waals surface area contributed by atoms with E-state index < -0.39 is 17.6 Å². The Morgan fingerprint density at radius 3 is 2.43 bits per heavy atom. The Bertz CT molecular complexity index is 683. The Kier molecular flexibility index (Phi) is 4.37. The summed E-state index contributed by atoms with van der Waals surface area (Å²) < 4.78 is 39.4. The van der Waals surface area contributed by atoms with Crippen LogP contribution in [0, 0.1) is 6.92 Å². The third-order valence-electron chi connectivity index (χ3n) is 2.90. The van der Waals surface area contributed by atoms with Gasteiger partial charge in [-0.1, -0.05) is 28.1 Å². The van der Waals surface area contributed by atoms with E-state index in [1.54, 1.807) is 25.1 Å². The van der Waals surface area contributed by atoms with Gasteiger partial charge in [-0.05, 0) is 42.8 Å². The van der Waals surface area contributed by atoms with Gasteiger partial charge in [-0.3, -0.25) is 4.79 Å². The highest BCUT2D eigenvalue weighted by Gasteiger charge is 2.33. The SMILES string of the molecule is Cc1cc(C(=O)Nc2ccccc2C(F)(F)F)ccc1Br. The number of carbonyl (C=O) groups is 1. The molecule has 0 radical (unpaired) electrons. The maximum Gasteiger partial charge on any atom is 0.418 e. The molecule has 0 aliphatic rings. The van der Waals surface area contributed by atoms with Crippen molar-refractivity contribution in [1.82, 2.24) is 0 Å². The third kappa shape index (κ3) is 3.64. The predicted molar refractivity (Wildman–Crippen MR) is 78.3 cm³/mol. The standard InChI is InChI=1S/C15H11BrF3NO/c1-9-8-10(6-7-12(9)16)14(21)20-13-5-3-2-4-11(13)15(17,18)19/h2-8H,1H3,(H,20,21). The smallest absolute Gasteiger partial charge is 0.321 e. The van der Waals surface area contributed by atoms with Crippen molar-refractivity contribution in [3.05, 3.63) is 63.6 Å². The van der Waals surface area contributed by atoms with Crippen molar-refractivity contribution in [2.45, 2.75) is 13.1 Å². The summed E-state index contributed by atoms with van der Waals surface area (Å²) in [6.45, 7) is 1.80. The molecular formula is C15H11BrF3NO. The summed E-state index contributed by atoms with van der Waals surface area (Å²) >= 11 is 3.30. The van der Waals surface area contributed by atoms with Crippen LogP contribution in [0.1, 0.15) is 21.5 Å². The van der Waals surface area contributed by atoms with Crippen molar-refractivity contribution in [2.75, 3.05) is 5.32 Å². The van der Waals surface area contributed by atoms with Gasteiger partial charge in [0.2, 0.25) is 0 Å². The molecule has 21 heavy (non-hydrogen) atoms. The second-order valence-electron chi connectivity index (χ2n) is 4.46. The average molecular weight is 358 g/mol. The van der Waals surface area contributed by atoms with Crippen LogP contribution in [-0.4, -0.2) is 5.91 Å². The van der Waals surface area contributed by atoms with Gasteiger partial charge in [0.1, 0.15) is 0 Å². The number of benzene rings is 2. The highest BCUT2D eigenvalue weighted by molar-refractivity contribution is 9.10. The molecule has 6 heteroatoms. The molecule has 2 aromatic carbocycles. The second kappa shape index (κ2) is 5.89. The lowest BCUT2D eigenvalue weighted by Crippen LogP contribution is -2.16. The second-order valence-corrected chi connectivity index (χ2v) is 5.32. The summed E-state index contributed by atoms with van der Waals surface area (Å²) in [4.78, 5) is 12.1. The fraction of sp³-hybridized carbons (Fsp3) is 0.133. The van der Waals surface area contributed by atoms with E-state index in [0.29, 0.717) is 5.56 Å². The lowest BCUT2D eigenvalue weighted by Gasteiger charge is -2.13. The third-order valence-corrected chi connectivity index (χ3v) is 3.79. The molecule has 2 rings (SSSR count). The van der Waals surface area contributed by atoms with Gasteiger partial charge in [0.15, 0.2) is 0 Å². The Balaban J connectivity index is 2.30. The first-order valence-corrected chi connectivity index (χ1v) is 6.82. The Morgan fingerprint density at radius 1 is 1.14 bits per heavy atom. The monoisotopic (exact) mass is 357 g/mol. The van der Waals surface area contributed by atoms with Gasteiger partial charge < -0.3 is 5.32 Å². The Hall–Kier alpha value is -1.82. The Morgan fingerprint density at radius 2 is 1.81 bits per heavy atom. The predicted octanol–water partition coefficient (Wildman–Crippen LogP) is 5.03. The van der Waals surface area contributed by atoms with Crippen LogP contribution in [0.2, 0.25) is 0 Å². The number of para-hydroxylation sites is 1. The van der Waals surface area contributed by atoms with Crippen molar-refractivity contribution < 1.29 is 18.0 Å². The summed E-state index contributed by atoms with van der Waals surface area (Å²) in [5.41, 5.74) is 0.00203. The quantitative estimate of drug-likeness (QED) is 0.802. The number of hydrogen-bond acceptors (Lipinski definition) is 1. The van der Waals surface area contributed by atoms with Crippen LogP contribution in [0.15, 0.2) is 46.9 Å². The van der Waals surface area contributed by atoms with Crippen LogP contribution < -0.4 is 5.32 Å². The number of rotatable bonds is 2. The maximum absolute atomic E-state index is 12.9. The number of anilines is 1. The number of hydrogen-bond donors (Lipinski definition) is 1. The zero-order chi connectivity index (χ0) is 15.6. The number of nitrogens with one attached hydrogen (secondary N) is 1. The molecule has 2 aromatic rings. The van der Waals surface area contributed by atoms with Gasteiger partial charge in [-0.25, -0.2) is 0 Å². The van der Waals surface area contributed by atoms with Crippen molar-refractivity contribution in [3.8, 4) is 0 Å². The van der Waals surface area contributed by atoms with Crippen LogP contribution in [0.5, 0.6) is 0 Å². The van der Waals surface area contributed by atoms with Crippen molar-refractivity contribution >= 4 is 27.5 Å². The molecule has 0 heterocycles. The molecule has 0 saturated heterocycles. The molecule has 1 N–H and O–H groups in total. The normalized spacial score (nSPS) is 11.3. The van der Waals surface area contributed by atoms with Gasteiger partial charge >= 0.3 is 6.18 Å². The first-order valence-electron chi connectivity index (χ1n) is 6.03. The Labute approximate surface area is 128 Å². The minimum absolute atomic E-state index is 0.254. The molecule has 0 atom stereocenters. The molecule has 0 bridgehead atoms. The molecule has 110 valence electrons. The fourth-order valence-corrected chi connectivity index (χ4v) is 2.07. The summed E-state index contributed by atoms with van der Waals surface area (Å²) in [5.74, 6) is -0.581. The highest BCUT2D eigenvalue weighted by atomic mass is 79.9. The van der Waals surface area contributed by atoms with Crippen molar-refractivity contribution in [1.29, 1.82) is 0 Å². The highest BCUT2D eigenvalue weighted by Crippen LogP contribution is 2.34. The van der Waals surface area contributed by atoms with Crippen LogP contribution in [-0.2, 0) is 6.18 Å². The first-order chi connectivity index (χ1) is 9.79. The molecule has 1 amide bonds. The summed E-state index contributed by atoms with van der Waals surface area (Å²) in [6, 6.07) is 9.72. The summed E-state index contributed by atoms with van der Waals surface area (Å²) in [5, 5.41) is 2.31. The van der Waals surface area contributed by atoms with Gasteiger partial charge in [0, 0.05) is 10.0 Å². The first kappa shape index (κ1) is 15.6. The largest absolute Gasteiger partial charge is 0.418 e. The minimum atomic E-state index is -4.51. The van der Waals surface area contributed by atoms with Gasteiger partial charge in [0.05, 0.1) is 11.3 Å². The topological polar surface area (TPSA) is 29.1 Å². The maximum atomic E-state index is 12.9. The number of aryl methyl sites for hydroxylation is 1. The van der Waals surface area contributed by atoms with Gasteiger partial charge in [-0.15, -0.1) is 0 Å². The lowest BCUT2D eigenvalue weighted by atomic mass is 10.1. The molecule has 0 spiro atoms. The number of amides is 1. The molecule has 0 aromatic heterocycles.